The molecule has 15 nitrogen and oxygen atoms in total. The SMILES string of the molecule is COCCOC(=O)N1C(=O)[C@@]2(c3cc(C#CC4(O)CCCCCC4)ccc31)[C@H](c1ccc(OCCO)cc1)N1[C@H](c3ccccc3)[C@H](c3ccccc3)OC(=O)[C@H]1[C@@H]2C(=O)N1CCc2cc(OC)c(OC)cc2C1. The van der Waals surface area contributed by atoms with E-state index in [0.29, 0.717) is 53.2 Å². The quantitative estimate of drug-likeness (QED) is 0.0544. The van der Waals surface area contributed by atoms with Crippen molar-refractivity contribution in [2.45, 2.75) is 86.7 Å². The number of fused-ring (bicyclic) bond motifs is 4. The number of aliphatic hydroxyl groups is 2. The molecule has 6 atom stereocenters. The van der Waals surface area contributed by atoms with Gasteiger partial charge in [0.25, 0.3) is 0 Å². The number of anilines is 1. The van der Waals surface area contributed by atoms with Crippen molar-refractivity contribution in [3.63, 3.8) is 0 Å². The second-order valence-corrected chi connectivity index (χ2v) is 19.6. The molecule has 10 rings (SSSR count). The summed E-state index contributed by atoms with van der Waals surface area (Å²) in [4.78, 5) is 68.4. The summed E-state index contributed by atoms with van der Waals surface area (Å²) < 4.78 is 34.9. The monoisotopic (exact) mass is 1000 g/mol. The van der Waals surface area contributed by atoms with Crippen LogP contribution in [-0.4, -0.2) is 110 Å². The van der Waals surface area contributed by atoms with Crippen LogP contribution in [0, 0.1) is 17.8 Å². The number of aliphatic hydroxyl groups excluding tert-OH is 1. The first-order valence-electron chi connectivity index (χ1n) is 25.4. The normalized spacial score (nSPS) is 23.9. The topological polar surface area (TPSA) is 174 Å². The molecule has 74 heavy (non-hydrogen) atoms. The molecule has 4 heterocycles. The van der Waals surface area contributed by atoms with E-state index in [9.17, 15) is 15.0 Å². The van der Waals surface area contributed by atoms with E-state index in [4.69, 9.17) is 28.4 Å². The van der Waals surface area contributed by atoms with E-state index in [1.807, 2.05) is 77.7 Å². The Kier molecular flexibility index (Phi) is 14.5. The number of imide groups is 1. The van der Waals surface area contributed by atoms with Gasteiger partial charge in [-0.3, -0.25) is 19.3 Å². The fourth-order valence-electron chi connectivity index (χ4n) is 12.0. The number of amides is 3. The van der Waals surface area contributed by atoms with Crippen LogP contribution < -0.4 is 19.1 Å². The third-order valence-corrected chi connectivity index (χ3v) is 15.4. The van der Waals surface area contributed by atoms with Crippen LogP contribution in [-0.2, 0) is 47.0 Å². The lowest BCUT2D eigenvalue weighted by Crippen LogP contribution is -2.57. The Balaban J connectivity index is 1.26. The number of nitrogens with zero attached hydrogens (tertiary/aromatic N) is 3. The van der Waals surface area contributed by atoms with Gasteiger partial charge in [-0.25, -0.2) is 9.69 Å². The maximum Gasteiger partial charge on any atom is 0.421 e. The van der Waals surface area contributed by atoms with Crippen LogP contribution in [0.5, 0.6) is 17.2 Å². The first kappa shape index (κ1) is 50.3. The fraction of sp³-hybridized carbons (Fsp3) is 0.390. The lowest BCUT2D eigenvalue weighted by atomic mass is 9.64. The highest BCUT2D eigenvalue weighted by Crippen LogP contribution is 2.66. The van der Waals surface area contributed by atoms with Gasteiger partial charge in [-0.05, 0) is 108 Å². The van der Waals surface area contributed by atoms with Gasteiger partial charge in [0, 0.05) is 25.8 Å². The van der Waals surface area contributed by atoms with Crippen molar-refractivity contribution in [2.75, 3.05) is 59.2 Å². The van der Waals surface area contributed by atoms with Crippen molar-refractivity contribution in [1.29, 1.82) is 0 Å². The van der Waals surface area contributed by atoms with Crippen LogP contribution in [0.3, 0.4) is 0 Å². The second-order valence-electron chi connectivity index (χ2n) is 19.6. The number of methoxy groups -OCH3 is 3. The van der Waals surface area contributed by atoms with E-state index in [1.165, 1.54) is 7.11 Å². The maximum atomic E-state index is 16.7. The van der Waals surface area contributed by atoms with Gasteiger partial charge in [-0.2, -0.15) is 0 Å². The zero-order chi connectivity index (χ0) is 51.6. The van der Waals surface area contributed by atoms with Gasteiger partial charge >= 0.3 is 12.1 Å². The summed E-state index contributed by atoms with van der Waals surface area (Å²) in [7, 11) is 4.58. The molecule has 1 aliphatic carbocycles. The molecular formula is C59H61N3O12. The van der Waals surface area contributed by atoms with Crippen LogP contribution in [0.4, 0.5) is 10.5 Å². The molecule has 5 aliphatic rings. The van der Waals surface area contributed by atoms with Crippen LogP contribution in [0.25, 0.3) is 0 Å². The summed E-state index contributed by atoms with van der Waals surface area (Å²) in [5.41, 5.74) is 1.28. The van der Waals surface area contributed by atoms with Crippen LogP contribution in [0.15, 0.2) is 115 Å². The van der Waals surface area contributed by atoms with Gasteiger partial charge in [0.15, 0.2) is 11.5 Å². The summed E-state index contributed by atoms with van der Waals surface area (Å²) in [6.07, 6.45) is 3.14. The van der Waals surface area contributed by atoms with E-state index < -0.39 is 65.0 Å². The van der Waals surface area contributed by atoms with Crippen molar-refractivity contribution in [3.05, 3.63) is 154 Å². The van der Waals surface area contributed by atoms with Gasteiger partial charge in [0.2, 0.25) is 11.8 Å². The Morgan fingerprint density at radius 1 is 0.757 bits per heavy atom. The van der Waals surface area contributed by atoms with Gasteiger partial charge in [0.05, 0.1) is 51.1 Å². The molecule has 0 radical (unpaired) electrons. The summed E-state index contributed by atoms with van der Waals surface area (Å²) in [6, 6.07) is 31.5. The van der Waals surface area contributed by atoms with Gasteiger partial charge in [-0.1, -0.05) is 97.5 Å². The molecule has 15 heteroatoms. The first-order valence-corrected chi connectivity index (χ1v) is 25.4. The minimum absolute atomic E-state index is 0.0285. The molecule has 1 saturated carbocycles. The largest absolute Gasteiger partial charge is 0.493 e. The van der Waals surface area contributed by atoms with Gasteiger partial charge in [0.1, 0.15) is 42.1 Å². The lowest BCUT2D eigenvalue weighted by molar-refractivity contribution is -0.179. The average Bonchev–Trinajstić information content (AvgIpc) is 3.85. The van der Waals surface area contributed by atoms with Gasteiger partial charge < -0.3 is 43.5 Å². The summed E-state index contributed by atoms with van der Waals surface area (Å²) in [5, 5.41) is 21.5. The lowest BCUT2D eigenvalue weighted by Gasteiger charge is -2.46. The molecule has 2 N–H and O–H groups in total. The molecular weight excluding hydrogens is 943 g/mol. The standard InChI is InChI=1S/C59H61N3O12/c1-69-32-33-73-57(67)61-46-23-18-38(24-28-58(68)26-12-4-5-13-27-58)34-45(46)59(56(61)66)49(54(64)60-29-25-42-35-47(70-2)48(71-3)36-43(42)37-60)51-55(65)74-52(40-16-10-7-11-17-40)50(39-14-8-6-9-15-39)62(51)53(59)41-19-21-44(22-20-41)72-31-30-63/h6-11,14-23,34-36,49-53,63,68H,4-5,12-13,25-27,29-33,37H2,1-3H3/t49-,50-,51-,52+,53+,59-/m1/s1. The summed E-state index contributed by atoms with van der Waals surface area (Å²) in [5.74, 6) is 4.36. The van der Waals surface area contributed by atoms with Crippen molar-refractivity contribution in [3.8, 4) is 29.1 Å². The summed E-state index contributed by atoms with van der Waals surface area (Å²) >= 11 is 0. The Bertz CT molecular complexity index is 2950. The number of carbonyl (C=O) groups is 4. The molecule has 3 fully saturated rings. The van der Waals surface area contributed by atoms with Crippen molar-refractivity contribution >= 4 is 29.6 Å². The Morgan fingerprint density at radius 3 is 2.09 bits per heavy atom. The van der Waals surface area contributed by atoms with Crippen molar-refractivity contribution in [2.24, 2.45) is 5.92 Å². The molecule has 4 aliphatic heterocycles. The highest BCUT2D eigenvalue weighted by molar-refractivity contribution is 6.23. The fourth-order valence-corrected chi connectivity index (χ4v) is 12.0. The molecule has 2 saturated heterocycles. The molecule has 3 amide bonds. The highest BCUT2D eigenvalue weighted by atomic mass is 16.6. The van der Waals surface area contributed by atoms with Crippen LogP contribution >= 0.6 is 0 Å². The number of hydrogen-bond donors (Lipinski definition) is 2. The number of esters is 1. The van der Waals surface area contributed by atoms with Gasteiger partial charge in [-0.15, -0.1) is 0 Å². The predicted octanol–water partition coefficient (Wildman–Crippen LogP) is 7.55. The molecule has 5 aromatic carbocycles. The maximum absolute atomic E-state index is 16.7. The third-order valence-electron chi connectivity index (χ3n) is 15.4. The Morgan fingerprint density at radius 2 is 1.43 bits per heavy atom. The van der Waals surface area contributed by atoms with E-state index in [1.54, 1.807) is 61.6 Å². The second kappa shape index (κ2) is 21.3. The molecule has 0 bridgehead atoms. The van der Waals surface area contributed by atoms with Crippen LogP contribution in [0.2, 0.25) is 0 Å². The zero-order valence-electron chi connectivity index (χ0n) is 41.9. The molecule has 384 valence electrons. The number of cyclic esters (lactones) is 1. The van der Waals surface area contributed by atoms with E-state index in [-0.39, 0.29) is 50.8 Å². The number of morpholine rings is 1. The molecule has 1 spiro atoms. The molecule has 5 aromatic rings. The number of ether oxygens (including phenoxy) is 6. The number of rotatable bonds is 12. The van der Waals surface area contributed by atoms with Crippen molar-refractivity contribution < 1.29 is 57.8 Å². The smallest absolute Gasteiger partial charge is 0.421 e. The predicted molar refractivity (Wildman–Crippen MR) is 272 cm³/mol. The van der Waals surface area contributed by atoms with Crippen molar-refractivity contribution in [1.82, 2.24) is 9.80 Å². The highest BCUT2D eigenvalue weighted by Gasteiger charge is 2.76. The third kappa shape index (κ3) is 9.04. The zero-order valence-corrected chi connectivity index (χ0v) is 41.9. The van der Waals surface area contributed by atoms with E-state index in [0.717, 1.165) is 47.3 Å². The minimum Gasteiger partial charge on any atom is -0.493 e. The average molecular weight is 1000 g/mol. The Hall–Kier alpha value is -7.22. The first-order chi connectivity index (χ1) is 36.0. The molecule has 0 unspecified atom stereocenters. The minimum atomic E-state index is -2.07. The number of carbonyl (C=O) groups excluding carboxylic acids is 4. The van der Waals surface area contributed by atoms with E-state index in [2.05, 4.69) is 11.8 Å². The number of benzene rings is 5. The van der Waals surface area contributed by atoms with Crippen LogP contribution in [0.1, 0.15) is 95.7 Å². The van der Waals surface area contributed by atoms with E-state index >= 15 is 14.4 Å². The molecule has 0 aromatic heterocycles. The summed E-state index contributed by atoms with van der Waals surface area (Å²) in [6.45, 7) is 0.00180. The number of hydrogen-bond acceptors (Lipinski definition) is 13. The Labute approximate surface area is 430 Å².